The van der Waals surface area contributed by atoms with Crippen LogP contribution in [0.25, 0.3) is 21.5 Å². The third-order valence-corrected chi connectivity index (χ3v) is 5.37. The fourth-order valence-corrected chi connectivity index (χ4v) is 4.23. The lowest BCUT2D eigenvalue weighted by molar-refractivity contribution is 0.544. The van der Waals surface area contributed by atoms with E-state index in [1.807, 2.05) is 6.07 Å². The Morgan fingerprint density at radius 3 is 2.57 bits per heavy atom. The number of aryl methyl sites for hydroxylation is 1. The number of halogens is 1. The van der Waals surface area contributed by atoms with Crippen LogP contribution in [-0.4, -0.2) is 0 Å². The van der Waals surface area contributed by atoms with Crippen LogP contribution in [-0.2, 0) is 6.42 Å². The van der Waals surface area contributed by atoms with Crippen molar-refractivity contribution in [2.75, 3.05) is 0 Å². The first-order chi connectivity index (χ1) is 10.3. The van der Waals surface area contributed by atoms with Gasteiger partial charge in [-0.2, -0.15) is 0 Å². The maximum atomic E-state index is 6.36. The van der Waals surface area contributed by atoms with E-state index in [2.05, 4.69) is 43.3 Å². The van der Waals surface area contributed by atoms with E-state index in [0.717, 1.165) is 10.4 Å². The SMILES string of the molecule is CC[C@@H]1CCCc2ccc3c(ccc4c(Cl)cccc43)c21. The lowest BCUT2D eigenvalue weighted by Crippen LogP contribution is -2.09. The molecule has 3 aromatic rings. The van der Waals surface area contributed by atoms with Gasteiger partial charge in [-0.1, -0.05) is 54.9 Å². The van der Waals surface area contributed by atoms with Crippen molar-refractivity contribution in [2.24, 2.45) is 0 Å². The molecule has 21 heavy (non-hydrogen) atoms. The van der Waals surface area contributed by atoms with Crippen molar-refractivity contribution in [3.63, 3.8) is 0 Å². The first-order valence-electron chi connectivity index (χ1n) is 7.92. The average molecular weight is 295 g/mol. The minimum Gasteiger partial charge on any atom is -0.0837 e. The zero-order valence-corrected chi connectivity index (χ0v) is 13.1. The molecular weight excluding hydrogens is 276 g/mol. The third kappa shape index (κ3) is 1.97. The predicted octanol–water partition coefficient (Wildman–Crippen LogP) is 6.48. The first kappa shape index (κ1) is 13.2. The first-order valence-corrected chi connectivity index (χ1v) is 8.30. The molecule has 1 heteroatoms. The smallest absolute Gasteiger partial charge is 0.0484 e. The van der Waals surface area contributed by atoms with Crippen LogP contribution < -0.4 is 0 Å². The fraction of sp³-hybridized carbons (Fsp3) is 0.300. The maximum Gasteiger partial charge on any atom is 0.0484 e. The van der Waals surface area contributed by atoms with Crippen molar-refractivity contribution >= 4 is 33.1 Å². The van der Waals surface area contributed by atoms with Crippen LogP contribution in [0.3, 0.4) is 0 Å². The molecule has 0 saturated carbocycles. The van der Waals surface area contributed by atoms with Crippen LogP contribution in [0.4, 0.5) is 0 Å². The number of benzene rings is 3. The summed E-state index contributed by atoms with van der Waals surface area (Å²) in [4.78, 5) is 0. The molecule has 0 amide bonds. The van der Waals surface area contributed by atoms with E-state index in [-0.39, 0.29) is 0 Å². The van der Waals surface area contributed by atoms with Crippen molar-refractivity contribution < 1.29 is 0 Å². The maximum absolute atomic E-state index is 6.36. The normalized spacial score (nSPS) is 18.1. The molecule has 1 atom stereocenters. The lowest BCUT2D eigenvalue weighted by atomic mass is 9.78. The molecule has 0 nitrogen and oxygen atoms in total. The minimum absolute atomic E-state index is 0.717. The van der Waals surface area contributed by atoms with E-state index in [9.17, 15) is 0 Å². The standard InChI is InChI=1S/C20H19Cl/c1-2-13-5-3-6-14-9-10-16-15-7-4-8-19(21)17(15)11-12-18(16)20(13)14/h4,7-13H,2-3,5-6H2,1H3/t13-/m1/s1. The van der Waals surface area contributed by atoms with Gasteiger partial charge in [0.25, 0.3) is 0 Å². The van der Waals surface area contributed by atoms with Crippen molar-refractivity contribution in [3.05, 3.63) is 58.6 Å². The Bertz CT molecular complexity index is 832. The fourth-order valence-electron chi connectivity index (χ4n) is 4.00. The van der Waals surface area contributed by atoms with E-state index >= 15 is 0 Å². The average Bonchev–Trinajstić information content (AvgIpc) is 2.53. The second-order valence-corrected chi connectivity index (χ2v) is 6.54. The van der Waals surface area contributed by atoms with Gasteiger partial charge in [0.2, 0.25) is 0 Å². The number of hydrogen-bond donors (Lipinski definition) is 0. The van der Waals surface area contributed by atoms with Crippen LogP contribution in [0.5, 0.6) is 0 Å². The molecule has 0 bridgehead atoms. The van der Waals surface area contributed by atoms with Gasteiger partial charge < -0.3 is 0 Å². The van der Waals surface area contributed by atoms with E-state index in [0.29, 0.717) is 5.92 Å². The van der Waals surface area contributed by atoms with Gasteiger partial charge in [0.15, 0.2) is 0 Å². The molecular formula is C20H19Cl. The van der Waals surface area contributed by atoms with Gasteiger partial charge in [0, 0.05) is 10.4 Å². The summed E-state index contributed by atoms with van der Waals surface area (Å²) in [5, 5.41) is 6.08. The summed E-state index contributed by atoms with van der Waals surface area (Å²) in [5.74, 6) is 0.717. The van der Waals surface area contributed by atoms with Crippen LogP contribution in [0.15, 0.2) is 42.5 Å². The highest BCUT2D eigenvalue weighted by atomic mass is 35.5. The molecule has 106 valence electrons. The Morgan fingerprint density at radius 2 is 1.71 bits per heavy atom. The second kappa shape index (κ2) is 5.03. The molecule has 1 aliphatic rings. The molecule has 1 aliphatic carbocycles. The highest BCUT2D eigenvalue weighted by Crippen LogP contribution is 2.41. The Kier molecular flexibility index (Phi) is 3.15. The van der Waals surface area contributed by atoms with E-state index in [4.69, 9.17) is 11.6 Å². The molecule has 3 aromatic carbocycles. The molecule has 0 spiro atoms. The van der Waals surface area contributed by atoms with Crippen LogP contribution >= 0.6 is 11.6 Å². The number of fused-ring (bicyclic) bond motifs is 5. The van der Waals surface area contributed by atoms with E-state index in [1.54, 1.807) is 11.1 Å². The van der Waals surface area contributed by atoms with Gasteiger partial charge in [0.1, 0.15) is 0 Å². The molecule has 0 unspecified atom stereocenters. The predicted molar refractivity (Wildman–Crippen MR) is 92.4 cm³/mol. The molecule has 4 rings (SSSR count). The summed E-state index contributed by atoms with van der Waals surface area (Å²) in [5.41, 5.74) is 3.16. The van der Waals surface area contributed by atoms with Gasteiger partial charge in [-0.3, -0.25) is 0 Å². The van der Waals surface area contributed by atoms with Crippen molar-refractivity contribution in [3.8, 4) is 0 Å². The molecule has 0 radical (unpaired) electrons. The third-order valence-electron chi connectivity index (χ3n) is 5.04. The van der Waals surface area contributed by atoms with Crippen molar-refractivity contribution in [1.29, 1.82) is 0 Å². The molecule has 0 aromatic heterocycles. The quantitative estimate of drug-likeness (QED) is 0.451. The van der Waals surface area contributed by atoms with Gasteiger partial charge in [-0.25, -0.2) is 0 Å². The van der Waals surface area contributed by atoms with Gasteiger partial charge in [-0.15, -0.1) is 0 Å². The molecule has 0 N–H and O–H groups in total. The number of rotatable bonds is 1. The summed E-state index contributed by atoms with van der Waals surface area (Å²) in [7, 11) is 0. The van der Waals surface area contributed by atoms with Crippen molar-refractivity contribution in [2.45, 2.75) is 38.5 Å². The summed E-state index contributed by atoms with van der Waals surface area (Å²) < 4.78 is 0. The summed E-state index contributed by atoms with van der Waals surface area (Å²) >= 11 is 6.36. The zero-order chi connectivity index (χ0) is 14.4. The van der Waals surface area contributed by atoms with Gasteiger partial charge in [0.05, 0.1) is 0 Å². The van der Waals surface area contributed by atoms with Crippen LogP contribution in [0, 0.1) is 0 Å². The topological polar surface area (TPSA) is 0 Å². The monoisotopic (exact) mass is 294 g/mol. The molecule has 0 saturated heterocycles. The summed E-state index contributed by atoms with van der Waals surface area (Å²) in [6.07, 6.45) is 5.13. The lowest BCUT2D eigenvalue weighted by Gasteiger charge is -2.26. The zero-order valence-electron chi connectivity index (χ0n) is 12.3. The van der Waals surface area contributed by atoms with Crippen molar-refractivity contribution in [1.82, 2.24) is 0 Å². The number of hydrogen-bond acceptors (Lipinski definition) is 0. The minimum atomic E-state index is 0.717. The van der Waals surface area contributed by atoms with E-state index < -0.39 is 0 Å². The second-order valence-electron chi connectivity index (χ2n) is 6.13. The highest BCUT2D eigenvalue weighted by molar-refractivity contribution is 6.36. The van der Waals surface area contributed by atoms with Crippen LogP contribution in [0.1, 0.15) is 43.2 Å². The molecule has 0 heterocycles. The Morgan fingerprint density at radius 1 is 0.952 bits per heavy atom. The Balaban J connectivity index is 2.11. The Labute approximate surface area is 130 Å². The van der Waals surface area contributed by atoms with Gasteiger partial charge >= 0.3 is 0 Å². The van der Waals surface area contributed by atoms with Gasteiger partial charge in [-0.05, 0) is 65.0 Å². The summed E-state index contributed by atoms with van der Waals surface area (Å²) in [6.45, 7) is 2.32. The van der Waals surface area contributed by atoms with Crippen LogP contribution in [0.2, 0.25) is 5.02 Å². The largest absolute Gasteiger partial charge is 0.0837 e. The highest BCUT2D eigenvalue weighted by Gasteiger charge is 2.21. The van der Waals surface area contributed by atoms with E-state index in [1.165, 1.54) is 41.8 Å². The molecule has 0 fully saturated rings. The Hall–Kier alpha value is -1.53. The summed E-state index contributed by atoms with van der Waals surface area (Å²) in [6, 6.07) is 15.4. The molecule has 0 aliphatic heterocycles.